The molecule has 1 N–H and O–H groups in total. The first-order chi connectivity index (χ1) is 15.2. The third kappa shape index (κ3) is 5.23. The third-order valence-corrected chi connectivity index (χ3v) is 6.63. The van der Waals surface area contributed by atoms with Gasteiger partial charge in [0.2, 0.25) is 0 Å². The van der Waals surface area contributed by atoms with E-state index in [0.29, 0.717) is 31.8 Å². The van der Waals surface area contributed by atoms with E-state index in [9.17, 15) is 9.90 Å². The Kier molecular flexibility index (Phi) is 6.83. The zero-order valence-electron chi connectivity index (χ0n) is 18.0. The minimum Gasteiger partial charge on any atom is -0.480 e. The summed E-state index contributed by atoms with van der Waals surface area (Å²) in [6.45, 7) is 1.23. The Balaban J connectivity index is 1.75. The predicted molar refractivity (Wildman–Crippen MR) is 125 cm³/mol. The van der Waals surface area contributed by atoms with Crippen molar-refractivity contribution in [3.05, 3.63) is 108 Å². The molecule has 0 bridgehead atoms. The van der Waals surface area contributed by atoms with E-state index in [2.05, 4.69) is 41.3 Å². The standard InChI is InChI=1S/C28H31NO2/c30-27(31)28(20-24-17-10-18-24,19-23-11-4-1-5-12-23)29(21-25-13-6-2-7-14-25)22-26-15-8-3-9-16-26/h1-9,11-16,24H,10,17-22H2,(H,30,31)/t28-/m1/s1. The minimum absolute atomic E-state index is 0.480. The molecule has 0 unspecified atom stereocenters. The lowest BCUT2D eigenvalue weighted by Gasteiger charge is -2.45. The van der Waals surface area contributed by atoms with E-state index in [-0.39, 0.29) is 0 Å². The van der Waals surface area contributed by atoms with Gasteiger partial charge < -0.3 is 5.11 Å². The number of benzene rings is 3. The van der Waals surface area contributed by atoms with E-state index in [0.717, 1.165) is 29.5 Å². The normalized spacial score (nSPS) is 15.9. The molecule has 1 aliphatic rings. The second-order valence-electron chi connectivity index (χ2n) is 8.83. The molecule has 0 aliphatic heterocycles. The van der Waals surface area contributed by atoms with E-state index in [1.54, 1.807) is 0 Å². The van der Waals surface area contributed by atoms with Gasteiger partial charge in [-0.3, -0.25) is 9.69 Å². The van der Waals surface area contributed by atoms with Crippen LogP contribution in [0.25, 0.3) is 0 Å². The number of hydrogen-bond donors (Lipinski definition) is 1. The van der Waals surface area contributed by atoms with E-state index >= 15 is 0 Å². The Bertz CT molecular complexity index is 913. The molecule has 4 rings (SSSR count). The van der Waals surface area contributed by atoms with E-state index in [1.165, 1.54) is 6.42 Å². The summed E-state index contributed by atoms with van der Waals surface area (Å²) in [5, 5.41) is 10.7. The van der Waals surface area contributed by atoms with Gasteiger partial charge in [0.15, 0.2) is 0 Å². The van der Waals surface area contributed by atoms with E-state index in [1.807, 2.05) is 54.6 Å². The van der Waals surface area contributed by atoms with Crippen LogP contribution in [0.3, 0.4) is 0 Å². The molecule has 3 heteroatoms. The Labute approximate surface area is 185 Å². The minimum atomic E-state index is -0.946. The lowest BCUT2D eigenvalue weighted by Crippen LogP contribution is -2.57. The first kappa shape index (κ1) is 21.3. The van der Waals surface area contributed by atoms with Crippen LogP contribution in [0.4, 0.5) is 0 Å². The average molecular weight is 414 g/mol. The third-order valence-electron chi connectivity index (χ3n) is 6.63. The maximum Gasteiger partial charge on any atom is 0.324 e. The number of carbonyl (C=O) groups is 1. The van der Waals surface area contributed by atoms with Crippen molar-refractivity contribution in [2.45, 2.75) is 50.7 Å². The highest BCUT2D eigenvalue weighted by molar-refractivity contribution is 5.79. The highest BCUT2D eigenvalue weighted by atomic mass is 16.4. The van der Waals surface area contributed by atoms with Crippen LogP contribution >= 0.6 is 0 Å². The molecule has 0 aromatic heterocycles. The molecule has 3 aromatic carbocycles. The molecule has 0 saturated heterocycles. The van der Waals surface area contributed by atoms with Crippen molar-refractivity contribution in [2.24, 2.45) is 5.92 Å². The first-order valence-corrected chi connectivity index (χ1v) is 11.3. The molecule has 0 spiro atoms. The van der Waals surface area contributed by atoms with Crippen LogP contribution in [0.1, 0.15) is 42.4 Å². The number of rotatable bonds is 10. The number of nitrogens with zero attached hydrogens (tertiary/aromatic N) is 1. The molecule has 3 nitrogen and oxygen atoms in total. The first-order valence-electron chi connectivity index (χ1n) is 11.3. The molecule has 0 radical (unpaired) electrons. The summed E-state index contributed by atoms with van der Waals surface area (Å²) >= 11 is 0. The van der Waals surface area contributed by atoms with Crippen LogP contribution in [0, 0.1) is 5.92 Å². The Morgan fingerprint density at radius 2 is 1.23 bits per heavy atom. The molecule has 1 fully saturated rings. The maximum atomic E-state index is 13.1. The van der Waals surface area contributed by atoms with Crippen LogP contribution in [0.2, 0.25) is 0 Å². The van der Waals surface area contributed by atoms with Crippen molar-refractivity contribution in [1.29, 1.82) is 0 Å². The van der Waals surface area contributed by atoms with Gasteiger partial charge in [0.25, 0.3) is 0 Å². The Hall–Kier alpha value is -2.91. The van der Waals surface area contributed by atoms with Gasteiger partial charge in [0.1, 0.15) is 5.54 Å². The lowest BCUT2D eigenvalue weighted by atomic mass is 9.72. The SMILES string of the molecule is O=C(O)[C@@](Cc1ccccc1)(CC1CCC1)N(Cc1ccccc1)Cc1ccccc1. The van der Waals surface area contributed by atoms with Gasteiger partial charge in [0, 0.05) is 19.5 Å². The molecule has 3 aromatic rings. The van der Waals surface area contributed by atoms with Crippen LogP contribution in [-0.2, 0) is 24.3 Å². The second kappa shape index (κ2) is 9.93. The highest BCUT2D eigenvalue weighted by Gasteiger charge is 2.46. The molecule has 0 heterocycles. The molecular formula is C28H31NO2. The lowest BCUT2D eigenvalue weighted by molar-refractivity contribution is -0.155. The molecule has 1 aliphatic carbocycles. The summed E-state index contributed by atoms with van der Waals surface area (Å²) < 4.78 is 0. The fraction of sp³-hybridized carbons (Fsp3) is 0.321. The highest BCUT2D eigenvalue weighted by Crippen LogP contribution is 2.39. The van der Waals surface area contributed by atoms with Crippen LogP contribution in [-0.4, -0.2) is 21.5 Å². The largest absolute Gasteiger partial charge is 0.480 e. The quantitative estimate of drug-likeness (QED) is 0.447. The van der Waals surface area contributed by atoms with E-state index in [4.69, 9.17) is 0 Å². The van der Waals surface area contributed by atoms with Crippen molar-refractivity contribution in [3.8, 4) is 0 Å². The topological polar surface area (TPSA) is 40.5 Å². The monoisotopic (exact) mass is 413 g/mol. The molecular weight excluding hydrogens is 382 g/mol. The maximum absolute atomic E-state index is 13.1. The number of carboxylic acid groups (broad SMARTS) is 1. The fourth-order valence-electron chi connectivity index (χ4n) is 4.69. The van der Waals surface area contributed by atoms with Gasteiger partial charge in [-0.25, -0.2) is 0 Å². The van der Waals surface area contributed by atoms with Gasteiger partial charge in [-0.2, -0.15) is 0 Å². The Morgan fingerprint density at radius 3 is 1.61 bits per heavy atom. The summed E-state index contributed by atoms with van der Waals surface area (Å²) in [5.41, 5.74) is 2.42. The summed E-state index contributed by atoms with van der Waals surface area (Å²) in [6, 6.07) is 30.6. The molecule has 31 heavy (non-hydrogen) atoms. The van der Waals surface area contributed by atoms with Crippen molar-refractivity contribution in [1.82, 2.24) is 4.90 Å². The summed E-state index contributed by atoms with van der Waals surface area (Å²) in [6.07, 6.45) is 4.68. The zero-order valence-corrected chi connectivity index (χ0v) is 18.0. The van der Waals surface area contributed by atoms with Crippen LogP contribution in [0.15, 0.2) is 91.0 Å². The second-order valence-corrected chi connectivity index (χ2v) is 8.83. The predicted octanol–water partition coefficient (Wildman–Crippen LogP) is 5.95. The summed E-state index contributed by atoms with van der Waals surface area (Å²) in [4.78, 5) is 15.3. The van der Waals surface area contributed by atoms with Crippen molar-refractivity contribution >= 4 is 5.97 Å². The smallest absolute Gasteiger partial charge is 0.324 e. The fourth-order valence-corrected chi connectivity index (χ4v) is 4.69. The molecule has 1 saturated carbocycles. The van der Waals surface area contributed by atoms with Crippen molar-refractivity contribution in [3.63, 3.8) is 0 Å². The average Bonchev–Trinajstić information content (AvgIpc) is 2.77. The molecule has 1 atom stereocenters. The van der Waals surface area contributed by atoms with Crippen LogP contribution < -0.4 is 0 Å². The van der Waals surface area contributed by atoms with Gasteiger partial charge in [-0.15, -0.1) is 0 Å². The van der Waals surface area contributed by atoms with Crippen molar-refractivity contribution < 1.29 is 9.90 Å². The van der Waals surface area contributed by atoms with Gasteiger partial charge in [-0.1, -0.05) is 110 Å². The Morgan fingerprint density at radius 1 is 0.774 bits per heavy atom. The number of hydrogen-bond acceptors (Lipinski definition) is 2. The summed E-state index contributed by atoms with van der Waals surface area (Å²) in [7, 11) is 0. The van der Waals surface area contributed by atoms with Crippen LogP contribution in [0.5, 0.6) is 0 Å². The molecule has 0 amide bonds. The molecule has 160 valence electrons. The number of carboxylic acids is 1. The zero-order chi connectivity index (χ0) is 21.5. The van der Waals surface area contributed by atoms with Gasteiger partial charge in [-0.05, 0) is 29.0 Å². The van der Waals surface area contributed by atoms with Gasteiger partial charge in [0.05, 0.1) is 0 Å². The summed E-state index contributed by atoms with van der Waals surface area (Å²) in [5.74, 6) is -0.232. The van der Waals surface area contributed by atoms with Crippen molar-refractivity contribution in [2.75, 3.05) is 0 Å². The number of aliphatic carboxylic acids is 1. The van der Waals surface area contributed by atoms with E-state index < -0.39 is 11.5 Å². The van der Waals surface area contributed by atoms with Gasteiger partial charge >= 0.3 is 5.97 Å².